The average molecular weight is 504 g/mol. The minimum absolute atomic E-state index is 0.216. The largest absolute Gasteiger partial charge is 0.494 e. The van der Waals surface area contributed by atoms with Crippen molar-refractivity contribution in [3.05, 3.63) is 76.6 Å². The van der Waals surface area contributed by atoms with E-state index in [2.05, 4.69) is 96.1 Å². The molecule has 198 valence electrons. The van der Waals surface area contributed by atoms with Crippen molar-refractivity contribution in [2.24, 2.45) is 0 Å². The molecule has 0 aliphatic carbocycles. The highest BCUT2D eigenvalue weighted by molar-refractivity contribution is 5.59. The number of ether oxygens (including phenoxy) is 2. The van der Waals surface area contributed by atoms with Crippen molar-refractivity contribution in [1.29, 1.82) is 0 Å². The van der Waals surface area contributed by atoms with Gasteiger partial charge < -0.3 is 19.4 Å². The van der Waals surface area contributed by atoms with E-state index in [1.807, 2.05) is 19.1 Å². The number of nitrogens with zero attached hydrogens (tertiary/aromatic N) is 4. The van der Waals surface area contributed by atoms with Gasteiger partial charge in [-0.2, -0.15) is 0 Å². The van der Waals surface area contributed by atoms with Gasteiger partial charge in [0.05, 0.1) is 19.4 Å². The number of benzene rings is 2. The van der Waals surface area contributed by atoms with Gasteiger partial charge in [-0.25, -0.2) is 10.0 Å². The second-order valence-electron chi connectivity index (χ2n) is 10.1. The molecule has 0 spiro atoms. The zero-order valence-corrected chi connectivity index (χ0v) is 23.3. The standard InChI is InChI=1S/C30H41N5O2/c1-8-37-25-14-15-26(27(20-25)36-7)35-22(3)28-21(2)32(5)33(6)30(29(28)23(35)4,24-12-10-9-11-13-24)34-18-16-31-17-19-34/h9-15,20-21,31H,8,16-19H2,1-7H3. The molecule has 1 fully saturated rings. The van der Waals surface area contributed by atoms with E-state index in [9.17, 15) is 0 Å². The minimum atomic E-state index is -0.432. The van der Waals surface area contributed by atoms with E-state index >= 15 is 0 Å². The lowest BCUT2D eigenvalue weighted by Gasteiger charge is -2.58. The summed E-state index contributed by atoms with van der Waals surface area (Å²) in [5.74, 6) is 1.63. The van der Waals surface area contributed by atoms with Gasteiger partial charge in [0.2, 0.25) is 0 Å². The number of rotatable bonds is 6. The van der Waals surface area contributed by atoms with E-state index in [1.54, 1.807) is 7.11 Å². The highest BCUT2D eigenvalue weighted by Gasteiger charge is 2.54. The van der Waals surface area contributed by atoms with Crippen LogP contribution in [0, 0.1) is 13.8 Å². The highest BCUT2D eigenvalue weighted by Crippen LogP contribution is 2.52. The van der Waals surface area contributed by atoms with Gasteiger partial charge in [0.1, 0.15) is 17.2 Å². The van der Waals surface area contributed by atoms with Crippen molar-refractivity contribution in [2.45, 2.75) is 39.4 Å². The fourth-order valence-corrected chi connectivity index (χ4v) is 6.64. The van der Waals surface area contributed by atoms with Crippen LogP contribution < -0.4 is 14.8 Å². The fourth-order valence-electron chi connectivity index (χ4n) is 6.64. The van der Waals surface area contributed by atoms with Crippen LogP contribution in [0.3, 0.4) is 0 Å². The monoisotopic (exact) mass is 503 g/mol. The molecule has 2 aliphatic rings. The normalized spacial score (nSPS) is 23.2. The molecule has 5 rings (SSSR count). The van der Waals surface area contributed by atoms with E-state index in [0.29, 0.717) is 6.61 Å². The van der Waals surface area contributed by atoms with Crippen LogP contribution in [0.25, 0.3) is 5.69 Å². The van der Waals surface area contributed by atoms with Crippen molar-refractivity contribution >= 4 is 0 Å². The predicted molar refractivity (Wildman–Crippen MR) is 149 cm³/mol. The number of methoxy groups -OCH3 is 1. The van der Waals surface area contributed by atoms with Crippen LogP contribution in [0.4, 0.5) is 0 Å². The van der Waals surface area contributed by atoms with Gasteiger partial charge in [-0.1, -0.05) is 30.3 Å². The van der Waals surface area contributed by atoms with Crippen LogP contribution in [0.15, 0.2) is 48.5 Å². The van der Waals surface area contributed by atoms with Crippen LogP contribution in [-0.2, 0) is 5.66 Å². The van der Waals surface area contributed by atoms with Crippen molar-refractivity contribution in [1.82, 2.24) is 24.8 Å². The second kappa shape index (κ2) is 10.1. The summed E-state index contributed by atoms with van der Waals surface area (Å²) in [6.07, 6.45) is 0. The van der Waals surface area contributed by atoms with E-state index in [-0.39, 0.29) is 6.04 Å². The van der Waals surface area contributed by atoms with E-state index < -0.39 is 5.66 Å². The molecule has 2 aliphatic heterocycles. The summed E-state index contributed by atoms with van der Waals surface area (Å²) in [7, 11) is 6.21. The Hall–Kier alpha value is -2.84. The number of aromatic nitrogens is 1. The first-order valence-corrected chi connectivity index (χ1v) is 13.4. The molecule has 37 heavy (non-hydrogen) atoms. The number of hydrogen-bond acceptors (Lipinski definition) is 6. The van der Waals surface area contributed by atoms with Crippen LogP contribution in [0.1, 0.15) is 48.0 Å². The van der Waals surface area contributed by atoms with Gasteiger partial charge in [-0.05, 0) is 51.0 Å². The first-order valence-electron chi connectivity index (χ1n) is 13.4. The van der Waals surface area contributed by atoms with Gasteiger partial charge in [0.25, 0.3) is 0 Å². The second-order valence-corrected chi connectivity index (χ2v) is 10.1. The summed E-state index contributed by atoms with van der Waals surface area (Å²) in [4.78, 5) is 2.66. The molecule has 0 amide bonds. The zero-order chi connectivity index (χ0) is 26.3. The number of hydrogen-bond donors (Lipinski definition) is 1. The quantitative estimate of drug-likeness (QED) is 0.536. The van der Waals surface area contributed by atoms with Crippen molar-refractivity contribution < 1.29 is 9.47 Å². The molecule has 3 aromatic rings. The van der Waals surface area contributed by atoms with Gasteiger partial charge in [-0.3, -0.25) is 4.90 Å². The summed E-state index contributed by atoms with van der Waals surface area (Å²) in [6, 6.07) is 17.4. The molecule has 7 nitrogen and oxygen atoms in total. The summed E-state index contributed by atoms with van der Waals surface area (Å²) in [5, 5.41) is 8.43. The molecule has 3 heterocycles. The van der Waals surface area contributed by atoms with Crippen molar-refractivity contribution in [3.63, 3.8) is 0 Å². The van der Waals surface area contributed by atoms with Gasteiger partial charge >= 0.3 is 0 Å². The number of hydrazine groups is 1. The van der Waals surface area contributed by atoms with Crippen molar-refractivity contribution in [2.75, 3.05) is 54.0 Å². The van der Waals surface area contributed by atoms with Gasteiger partial charge in [0, 0.05) is 69.3 Å². The third-order valence-electron chi connectivity index (χ3n) is 8.41. The Morgan fingerprint density at radius 1 is 1.00 bits per heavy atom. The van der Waals surface area contributed by atoms with Crippen LogP contribution in [-0.4, -0.2) is 73.5 Å². The highest BCUT2D eigenvalue weighted by atomic mass is 16.5. The number of fused-ring (bicyclic) bond motifs is 1. The molecular weight excluding hydrogens is 462 g/mol. The molecule has 0 bridgehead atoms. The summed E-state index contributed by atoms with van der Waals surface area (Å²) >= 11 is 0. The van der Waals surface area contributed by atoms with Crippen LogP contribution in [0.2, 0.25) is 0 Å². The maximum absolute atomic E-state index is 5.91. The zero-order valence-electron chi connectivity index (χ0n) is 23.3. The molecule has 1 aromatic heterocycles. The summed E-state index contributed by atoms with van der Waals surface area (Å²) in [6.45, 7) is 13.4. The van der Waals surface area contributed by atoms with E-state index in [4.69, 9.17) is 9.47 Å². The Kier molecular flexibility index (Phi) is 7.07. The Morgan fingerprint density at radius 3 is 2.35 bits per heavy atom. The molecule has 0 saturated carbocycles. The van der Waals surface area contributed by atoms with Crippen molar-refractivity contribution in [3.8, 4) is 17.2 Å². The number of piperazine rings is 1. The first kappa shape index (κ1) is 25.8. The van der Waals surface area contributed by atoms with Gasteiger partial charge in [-0.15, -0.1) is 0 Å². The van der Waals surface area contributed by atoms with E-state index in [1.165, 1.54) is 28.1 Å². The average Bonchev–Trinajstić information content (AvgIpc) is 3.19. The molecular formula is C30H41N5O2. The Balaban J connectivity index is 1.83. The Morgan fingerprint density at radius 2 is 1.70 bits per heavy atom. The molecule has 1 saturated heterocycles. The predicted octanol–water partition coefficient (Wildman–Crippen LogP) is 4.46. The third kappa shape index (κ3) is 3.87. The SMILES string of the molecule is CCOc1ccc(-n2c(C)c3c(c2C)C(c2ccccc2)(N2CCNCC2)N(C)N(C)C3C)c(OC)c1. The molecule has 2 unspecified atom stereocenters. The maximum Gasteiger partial charge on any atom is 0.146 e. The molecule has 2 atom stereocenters. The van der Waals surface area contributed by atoms with Crippen LogP contribution >= 0.6 is 0 Å². The molecule has 7 heteroatoms. The summed E-state index contributed by atoms with van der Waals surface area (Å²) < 4.78 is 14.1. The molecule has 0 radical (unpaired) electrons. The number of nitrogens with one attached hydrogen (secondary N) is 1. The Bertz CT molecular complexity index is 1250. The lowest BCUT2D eigenvalue weighted by atomic mass is 9.81. The maximum atomic E-state index is 5.91. The topological polar surface area (TPSA) is 45.1 Å². The van der Waals surface area contributed by atoms with Crippen LogP contribution in [0.5, 0.6) is 11.5 Å². The summed E-state index contributed by atoms with van der Waals surface area (Å²) in [5.41, 5.74) is 7.15. The van der Waals surface area contributed by atoms with E-state index in [0.717, 1.165) is 43.4 Å². The third-order valence-corrected chi connectivity index (χ3v) is 8.41. The Labute approximate surface area is 221 Å². The smallest absolute Gasteiger partial charge is 0.146 e. The molecule has 2 aromatic carbocycles. The fraction of sp³-hybridized carbons (Fsp3) is 0.467. The first-order chi connectivity index (χ1) is 17.9. The molecule has 1 N–H and O–H groups in total. The minimum Gasteiger partial charge on any atom is -0.494 e. The lowest BCUT2D eigenvalue weighted by Crippen LogP contribution is -2.67. The lowest BCUT2D eigenvalue weighted by molar-refractivity contribution is -0.168. The van der Waals surface area contributed by atoms with Gasteiger partial charge in [0.15, 0.2) is 0 Å².